The van der Waals surface area contributed by atoms with Gasteiger partial charge in [0, 0.05) is 10.2 Å². The van der Waals surface area contributed by atoms with Crippen molar-refractivity contribution in [2.75, 3.05) is 11.4 Å². The van der Waals surface area contributed by atoms with Crippen molar-refractivity contribution in [2.45, 2.75) is 32.5 Å². The molecular formula is C14H17BrF3NO2. The van der Waals surface area contributed by atoms with Gasteiger partial charge in [-0.05, 0) is 36.6 Å². The third-order valence-electron chi connectivity index (χ3n) is 2.86. The molecule has 1 aromatic carbocycles. The van der Waals surface area contributed by atoms with Crippen molar-refractivity contribution in [2.24, 2.45) is 5.92 Å². The van der Waals surface area contributed by atoms with Gasteiger partial charge in [0.25, 0.3) is 0 Å². The number of carboxylic acids is 1. The Balaban J connectivity index is 3.15. The number of anilines is 1. The Labute approximate surface area is 129 Å². The maximum absolute atomic E-state index is 12.8. The molecule has 0 unspecified atom stereocenters. The lowest BCUT2D eigenvalue weighted by molar-refractivity contribution is -0.141. The fourth-order valence-electron chi connectivity index (χ4n) is 2.02. The Kier molecular flexibility index (Phi) is 6.07. The van der Waals surface area contributed by atoms with Crippen molar-refractivity contribution in [1.82, 2.24) is 0 Å². The van der Waals surface area contributed by atoms with Crippen LogP contribution in [-0.4, -0.2) is 29.8 Å². The van der Waals surface area contributed by atoms with E-state index in [-0.39, 0.29) is 18.0 Å². The Bertz CT molecular complexity index is 474. The smallest absolute Gasteiger partial charge is 0.405 e. The third kappa shape index (κ3) is 5.95. The number of benzene rings is 1. The van der Waals surface area contributed by atoms with Gasteiger partial charge in [-0.1, -0.05) is 29.8 Å². The fourth-order valence-corrected chi connectivity index (χ4v) is 2.28. The van der Waals surface area contributed by atoms with E-state index in [4.69, 9.17) is 0 Å². The van der Waals surface area contributed by atoms with Crippen molar-refractivity contribution in [3.63, 3.8) is 0 Å². The second-order valence-electron chi connectivity index (χ2n) is 5.20. The summed E-state index contributed by atoms with van der Waals surface area (Å²) in [6.07, 6.45) is -4.33. The molecule has 1 atom stereocenters. The summed E-state index contributed by atoms with van der Waals surface area (Å²) < 4.78 is 39.1. The number of aliphatic carboxylic acids is 1. The standard InChI is InChI=1S/C14H17BrF3NO2/c1-9(2)7-12(13(20)21)19(8-14(16,17)18)11-5-3-10(15)4-6-11/h3-6,9,12H,7-8H2,1-2H3,(H,20,21)/t12-/m0/s1. The number of halogens is 4. The van der Waals surface area contributed by atoms with Crippen LogP contribution in [0.3, 0.4) is 0 Å². The van der Waals surface area contributed by atoms with Crippen LogP contribution >= 0.6 is 15.9 Å². The zero-order chi connectivity index (χ0) is 16.2. The van der Waals surface area contributed by atoms with Crippen LogP contribution in [0.25, 0.3) is 0 Å². The maximum atomic E-state index is 12.8. The Morgan fingerprint density at radius 3 is 2.19 bits per heavy atom. The molecule has 0 spiro atoms. The Hall–Kier alpha value is -1.24. The summed E-state index contributed by atoms with van der Waals surface area (Å²) in [5.74, 6) is -1.28. The molecule has 0 bridgehead atoms. The van der Waals surface area contributed by atoms with Gasteiger partial charge < -0.3 is 10.0 Å². The van der Waals surface area contributed by atoms with Crippen LogP contribution in [0.1, 0.15) is 20.3 Å². The van der Waals surface area contributed by atoms with Crippen LogP contribution in [0.5, 0.6) is 0 Å². The highest BCUT2D eigenvalue weighted by Crippen LogP contribution is 2.27. The second kappa shape index (κ2) is 7.15. The molecule has 0 heterocycles. The van der Waals surface area contributed by atoms with Gasteiger partial charge in [0.2, 0.25) is 0 Å². The highest BCUT2D eigenvalue weighted by molar-refractivity contribution is 9.10. The number of carboxylic acid groups (broad SMARTS) is 1. The normalized spacial score (nSPS) is 13.3. The van der Waals surface area contributed by atoms with Crippen molar-refractivity contribution >= 4 is 27.6 Å². The minimum Gasteiger partial charge on any atom is -0.480 e. The predicted octanol–water partition coefficient (Wildman–Crippen LogP) is 4.32. The molecule has 0 amide bonds. The lowest BCUT2D eigenvalue weighted by atomic mass is 10.0. The number of alkyl halides is 3. The van der Waals surface area contributed by atoms with Crippen LogP contribution in [0, 0.1) is 5.92 Å². The summed E-state index contributed by atoms with van der Waals surface area (Å²) >= 11 is 3.21. The predicted molar refractivity (Wildman–Crippen MR) is 78.4 cm³/mol. The Morgan fingerprint density at radius 2 is 1.81 bits per heavy atom. The summed E-state index contributed by atoms with van der Waals surface area (Å²) in [5.41, 5.74) is 0.239. The lowest BCUT2D eigenvalue weighted by Gasteiger charge is -2.32. The Morgan fingerprint density at radius 1 is 1.29 bits per heavy atom. The fraction of sp³-hybridized carbons (Fsp3) is 0.500. The molecule has 3 nitrogen and oxygen atoms in total. The average Bonchev–Trinajstić information content (AvgIpc) is 2.33. The molecule has 1 N–H and O–H groups in total. The monoisotopic (exact) mass is 367 g/mol. The maximum Gasteiger partial charge on any atom is 0.405 e. The van der Waals surface area contributed by atoms with Crippen LogP contribution in [-0.2, 0) is 4.79 Å². The van der Waals surface area contributed by atoms with E-state index < -0.39 is 24.7 Å². The molecule has 0 saturated heterocycles. The third-order valence-corrected chi connectivity index (χ3v) is 3.39. The van der Waals surface area contributed by atoms with E-state index >= 15 is 0 Å². The van der Waals surface area contributed by atoms with Gasteiger partial charge in [0.15, 0.2) is 0 Å². The summed E-state index contributed by atoms with van der Waals surface area (Å²) in [4.78, 5) is 12.3. The zero-order valence-electron chi connectivity index (χ0n) is 11.7. The molecule has 0 aromatic heterocycles. The molecule has 0 aliphatic rings. The van der Waals surface area contributed by atoms with E-state index in [1.54, 1.807) is 26.0 Å². The van der Waals surface area contributed by atoms with Gasteiger partial charge in [0.1, 0.15) is 12.6 Å². The van der Waals surface area contributed by atoms with E-state index in [9.17, 15) is 23.1 Å². The van der Waals surface area contributed by atoms with Crippen molar-refractivity contribution in [3.05, 3.63) is 28.7 Å². The molecule has 1 rings (SSSR count). The number of hydrogen-bond donors (Lipinski definition) is 1. The molecule has 118 valence electrons. The van der Waals surface area contributed by atoms with Crippen molar-refractivity contribution in [1.29, 1.82) is 0 Å². The molecule has 1 aromatic rings. The zero-order valence-corrected chi connectivity index (χ0v) is 13.3. The van der Waals surface area contributed by atoms with Gasteiger partial charge in [-0.15, -0.1) is 0 Å². The minimum atomic E-state index is -4.47. The molecule has 21 heavy (non-hydrogen) atoms. The van der Waals surface area contributed by atoms with Crippen molar-refractivity contribution in [3.8, 4) is 0 Å². The topological polar surface area (TPSA) is 40.5 Å². The lowest BCUT2D eigenvalue weighted by Crippen LogP contribution is -2.47. The molecular weight excluding hydrogens is 351 g/mol. The summed E-state index contributed by atoms with van der Waals surface area (Å²) in [6, 6.07) is 4.92. The minimum absolute atomic E-state index is 0.0303. The van der Waals surface area contributed by atoms with E-state index in [2.05, 4.69) is 15.9 Å². The van der Waals surface area contributed by atoms with Crippen LogP contribution < -0.4 is 4.90 Å². The van der Waals surface area contributed by atoms with Gasteiger partial charge in [-0.2, -0.15) is 13.2 Å². The molecule has 0 fully saturated rings. The first kappa shape index (κ1) is 17.8. The van der Waals surface area contributed by atoms with Crippen LogP contribution in [0.4, 0.5) is 18.9 Å². The van der Waals surface area contributed by atoms with Gasteiger partial charge in [-0.3, -0.25) is 0 Å². The second-order valence-corrected chi connectivity index (χ2v) is 6.12. The molecule has 0 aliphatic carbocycles. The first-order valence-corrected chi connectivity index (χ1v) is 7.21. The number of rotatable bonds is 6. The SMILES string of the molecule is CC(C)C[C@@H](C(=O)O)N(CC(F)(F)F)c1ccc(Br)cc1. The largest absolute Gasteiger partial charge is 0.480 e. The molecule has 0 radical (unpaired) electrons. The van der Waals surface area contributed by atoms with Crippen LogP contribution in [0.2, 0.25) is 0 Å². The summed E-state index contributed by atoms with van der Waals surface area (Å²) in [6.45, 7) is 2.27. The van der Waals surface area contributed by atoms with Crippen molar-refractivity contribution < 1.29 is 23.1 Å². The van der Waals surface area contributed by atoms with Crippen LogP contribution in [0.15, 0.2) is 28.7 Å². The van der Waals surface area contributed by atoms with E-state index in [1.807, 2.05) is 0 Å². The first-order valence-electron chi connectivity index (χ1n) is 6.42. The summed E-state index contributed by atoms with van der Waals surface area (Å²) in [7, 11) is 0. The number of hydrogen-bond acceptors (Lipinski definition) is 2. The van der Waals surface area contributed by atoms with Gasteiger partial charge in [0.05, 0.1) is 0 Å². The highest BCUT2D eigenvalue weighted by atomic mass is 79.9. The number of carbonyl (C=O) groups is 1. The van der Waals surface area contributed by atoms with E-state index in [1.165, 1.54) is 12.1 Å². The first-order chi connectivity index (χ1) is 9.60. The highest BCUT2D eigenvalue weighted by Gasteiger charge is 2.37. The molecule has 0 saturated carbocycles. The van der Waals surface area contributed by atoms with E-state index in [0.29, 0.717) is 4.47 Å². The quantitative estimate of drug-likeness (QED) is 0.813. The molecule has 0 aliphatic heterocycles. The summed E-state index contributed by atoms with van der Waals surface area (Å²) in [5, 5.41) is 9.29. The average molecular weight is 368 g/mol. The number of nitrogens with zero attached hydrogens (tertiary/aromatic N) is 1. The van der Waals surface area contributed by atoms with Gasteiger partial charge >= 0.3 is 12.1 Å². The molecule has 7 heteroatoms. The van der Waals surface area contributed by atoms with Gasteiger partial charge in [-0.25, -0.2) is 4.79 Å². The van der Waals surface area contributed by atoms with E-state index in [0.717, 1.165) is 4.90 Å².